The van der Waals surface area contributed by atoms with Crippen molar-refractivity contribution in [1.29, 1.82) is 0 Å². The second-order valence-corrected chi connectivity index (χ2v) is 4.35. The molecule has 0 spiro atoms. The third-order valence-corrected chi connectivity index (χ3v) is 2.77. The Bertz CT molecular complexity index is 658. The van der Waals surface area contributed by atoms with Crippen LogP contribution in [0.2, 0.25) is 0 Å². The van der Waals surface area contributed by atoms with Gasteiger partial charge in [-0.1, -0.05) is 5.16 Å². The van der Waals surface area contributed by atoms with Crippen LogP contribution in [0.5, 0.6) is 0 Å². The van der Waals surface area contributed by atoms with Gasteiger partial charge in [0.15, 0.2) is 5.84 Å². The van der Waals surface area contributed by atoms with Crippen LogP contribution in [0.4, 0.5) is 0 Å². The molecule has 19 heavy (non-hydrogen) atoms. The average molecular weight is 260 g/mol. The summed E-state index contributed by atoms with van der Waals surface area (Å²) >= 11 is 0. The van der Waals surface area contributed by atoms with E-state index in [1.54, 1.807) is 4.68 Å². The lowest BCUT2D eigenvalue weighted by molar-refractivity contribution is 0.318. The van der Waals surface area contributed by atoms with Gasteiger partial charge in [0, 0.05) is 5.69 Å². The van der Waals surface area contributed by atoms with E-state index < -0.39 is 0 Å². The molecule has 0 radical (unpaired) electrons. The van der Waals surface area contributed by atoms with E-state index in [0.717, 1.165) is 11.5 Å². The van der Waals surface area contributed by atoms with E-state index >= 15 is 0 Å². The average Bonchev–Trinajstić information content (AvgIpc) is 2.66. The first-order valence-corrected chi connectivity index (χ1v) is 5.80. The Morgan fingerprint density at radius 2 is 1.95 bits per heavy atom. The molecule has 3 N–H and O–H groups in total. The summed E-state index contributed by atoms with van der Waals surface area (Å²) in [5.41, 5.74) is 8.51. The summed E-state index contributed by atoms with van der Waals surface area (Å²) in [5.74, 6) is 1.40. The molecule has 0 saturated carbocycles. The number of pyridine rings is 1. The van der Waals surface area contributed by atoms with Crippen LogP contribution < -0.4 is 5.73 Å². The highest BCUT2D eigenvalue weighted by Crippen LogP contribution is 2.19. The lowest BCUT2D eigenvalue weighted by Gasteiger charge is -2.12. The topological polar surface area (TPSA) is 102 Å². The Labute approximate surface area is 110 Å². The van der Waals surface area contributed by atoms with Crippen molar-refractivity contribution < 1.29 is 5.21 Å². The molecular formula is C12H16N6O. The minimum Gasteiger partial charge on any atom is -0.409 e. The zero-order chi connectivity index (χ0) is 14.2. The molecule has 0 aliphatic heterocycles. The molecule has 2 rings (SSSR count). The first-order valence-electron chi connectivity index (χ1n) is 5.80. The summed E-state index contributed by atoms with van der Waals surface area (Å²) in [6.07, 6.45) is 0. The molecule has 0 aromatic carbocycles. The molecule has 7 nitrogen and oxygen atoms in total. The minimum atomic E-state index is 0.00699. The molecular weight excluding hydrogens is 244 g/mol. The maximum absolute atomic E-state index is 8.92. The van der Waals surface area contributed by atoms with E-state index in [9.17, 15) is 0 Å². The maximum Gasteiger partial charge on any atom is 0.174 e. The minimum absolute atomic E-state index is 0.00699. The Morgan fingerprint density at radius 1 is 1.26 bits per heavy atom. The van der Waals surface area contributed by atoms with E-state index in [1.165, 1.54) is 0 Å². The van der Waals surface area contributed by atoms with E-state index in [4.69, 9.17) is 10.9 Å². The fourth-order valence-corrected chi connectivity index (χ4v) is 2.09. The summed E-state index contributed by atoms with van der Waals surface area (Å²) in [6, 6.07) is 1.83. The first kappa shape index (κ1) is 13.0. The molecule has 2 aromatic rings. The number of nitrogens with zero attached hydrogens (tertiary/aromatic N) is 5. The molecule has 2 aromatic heterocycles. The van der Waals surface area contributed by atoms with Gasteiger partial charge in [0.05, 0.1) is 16.9 Å². The standard InChI is InChI=1S/C12H16N6O/c1-6-5-10(18-9(4)15-8(3)16-18)11(7(2)14-6)12(13)17-19/h5,19H,1-4H3,(H2,13,17). The van der Waals surface area contributed by atoms with Crippen LogP contribution in [0.15, 0.2) is 11.2 Å². The van der Waals surface area contributed by atoms with Crippen molar-refractivity contribution in [2.24, 2.45) is 10.9 Å². The van der Waals surface area contributed by atoms with Gasteiger partial charge in [-0.05, 0) is 33.8 Å². The summed E-state index contributed by atoms with van der Waals surface area (Å²) in [5, 5.41) is 16.3. The molecule has 7 heteroatoms. The molecule has 0 aliphatic rings. The van der Waals surface area contributed by atoms with E-state index in [0.29, 0.717) is 22.8 Å². The smallest absolute Gasteiger partial charge is 0.174 e. The van der Waals surface area contributed by atoms with Crippen molar-refractivity contribution in [2.75, 3.05) is 0 Å². The quantitative estimate of drug-likeness (QED) is 0.363. The number of aromatic nitrogens is 4. The highest BCUT2D eigenvalue weighted by atomic mass is 16.4. The third-order valence-electron chi connectivity index (χ3n) is 2.77. The van der Waals surface area contributed by atoms with Crippen molar-refractivity contribution in [3.8, 4) is 5.69 Å². The number of rotatable bonds is 2. The molecule has 0 bridgehead atoms. The second kappa shape index (κ2) is 4.68. The largest absolute Gasteiger partial charge is 0.409 e. The lowest BCUT2D eigenvalue weighted by Crippen LogP contribution is -2.20. The molecule has 0 aliphatic carbocycles. The highest BCUT2D eigenvalue weighted by Gasteiger charge is 2.17. The second-order valence-electron chi connectivity index (χ2n) is 4.35. The van der Waals surface area contributed by atoms with Crippen molar-refractivity contribution in [1.82, 2.24) is 19.7 Å². The maximum atomic E-state index is 8.92. The fraction of sp³-hybridized carbons (Fsp3) is 0.333. The van der Waals surface area contributed by atoms with Gasteiger partial charge in [-0.2, -0.15) is 5.10 Å². The molecule has 0 fully saturated rings. The Balaban J connectivity index is 2.78. The molecule has 0 atom stereocenters. The molecule has 0 unspecified atom stereocenters. The number of hydrogen-bond acceptors (Lipinski definition) is 5. The van der Waals surface area contributed by atoms with Gasteiger partial charge < -0.3 is 10.9 Å². The summed E-state index contributed by atoms with van der Waals surface area (Å²) in [6.45, 7) is 7.35. The number of nitrogens with two attached hydrogens (primary N) is 1. The van der Waals surface area contributed by atoms with Gasteiger partial charge in [-0.25, -0.2) is 9.67 Å². The van der Waals surface area contributed by atoms with Gasteiger partial charge in [-0.3, -0.25) is 4.98 Å². The molecule has 0 saturated heterocycles. The van der Waals surface area contributed by atoms with Crippen LogP contribution in [-0.2, 0) is 0 Å². The summed E-state index contributed by atoms with van der Waals surface area (Å²) < 4.78 is 1.67. The predicted octanol–water partition coefficient (Wildman–Crippen LogP) is 0.990. The van der Waals surface area contributed by atoms with Crippen LogP contribution >= 0.6 is 0 Å². The molecule has 2 heterocycles. The van der Waals surface area contributed by atoms with Gasteiger partial charge in [-0.15, -0.1) is 0 Å². The van der Waals surface area contributed by atoms with Crippen molar-refractivity contribution in [3.05, 3.63) is 34.7 Å². The third kappa shape index (κ3) is 2.26. The van der Waals surface area contributed by atoms with Crippen molar-refractivity contribution >= 4 is 5.84 Å². The highest BCUT2D eigenvalue weighted by molar-refractivity contribution is 6.01. The Hall–Kier alpha value is -2.44. The number of hydrogen-bond donors (Lipinski definition) is 2. The van der Waals surface area contributed by atoms with Crippen LogP contribution in [0.3, 0.4) is 0 Å². The summed E-state index contributed by atoms with van der Waals surface area (Å²) in [7, 11) is 0. The number of aryl methyl sites for hydroxylation is 4. The van der Waals surface area contributed by atoms with E-state index in [1.807, 2.05) is 33.8 Å². The van der Waals surface area contributed by atoms with Crippen LogP contribution in [-0.4, -0.2) is 30.8 Å². The first-order chi connectivity index (χ1) is 8.93. The molecule has 100 valence electrons. The monoisotopic (exact) mass is 260 g/mol. The van der Waals surface area contributed by atoms with Gasteiger partial charge >= 0.3 is 0 Å². The van der Waals surface area contributed by atoms with E-state index in [-0.39, 0.29) is 5.84 Å². The lowest BCUT2D eigenvalue weighted by atomic mass is 10.1. The zero-order valence-electron chi connectivity index (χ0n) is 11.3. The SMILES string of the molecule is Cc1cc(-n2nc(C)nc2C)c(/C(N)=N/O)c(C)n1. The zero-order valence-corrected chi connectivity index (χ0v) is 11.3. The van der Waals surface area contributed by atoms with Crippen LogP contribution in [0.25, 0.3) is 5.69 Å². The number of oxime groups is 1. The van der Waals surface area contributed by atoms with Crippen molar-refractivity contribution in [3.63, 3.8) is 0 Å². The predicted molar refractivity (Wildman–Crippen MR) is 70.6 cm³/mol. The Kier molecular flexibility index (Phi) is 3.20. The Morgan fingerprint density at radius 3 is 2.47 bits per heavy atom. The van der Waals surface area contributed by atoms with Gasteiger partial charge in [0.25, 0.3) is 0 Å². The van der Waals surface area contributed by atoms with E-state index in [2.05, 4.69) is 20.2 Å². The van der Waals surface area contributed by atoms with Gasteiger partial charge in [0.1, 0.15) is 11.6 Å². The van der Waals surface area contributed by atoms with Gasteiger partial charge in [0.2, 0.25) is 0 Å². The van der Waals surface area contributed by atoms with Crippen LogP contribution in [0.1, 0.15) is 28.6 Å². The summed E-state index contributed by atoms with van der Waals surface area (Å²) in [4.78, 5) is 8.59. The number of amidine groups is 1. The normalized spacial score (nSPS) is 11.9. The van der Waals surface area contributed by atoms with Crippen molar-refractivity contribution in [2.45, 2.75) is 27.7 Å². The van der Waals surface area contributed by atoms with Crippen LogP contribution in [0, 0.1) is 27.7 Å². The molecule has 0 amide bonds. The fourth-order valence-electron chi connectivity index (χ4n) is 2.09.